The summed E-state index contributed by atoms with van der Waals surface area (Å²) in [6.45, 7) is 3.93. The van der Waals surface area contributed by atoms with Crippen LogP contribution in [0.2, 0.25) is 0 Å². The fraction of sp³-hybridized carbons (Fsp3) is 0.316. The van der Waals surface area contributed by atoms with Gasteiger partial charge in [-0.1, -0.05) is 12.1 Å². The molecule has 0 unspecified atom stereocenters. The lowest BCUT2D eigenvalue weighted by atomic mass is 10.3. The molecule has 2 rings (SSSR count). The van der Waals surface area contributed by atoms with Crippen molar-refractivity contribution in [2.24, 2.45) is 0 Å². The fourth-order valence-corrected chi connectivity index (χ4v) is 3.17. The summed E-state index contributed by atoms with van der Waals surface area (Å²) < 4.78 is 46.2. The second-order valence-electron chi connectivity index (χ2n) is 5.57. The fourth-order valence-electron chi connectivity index (χ4n) is 2.30. The monoisotopic (exact) mass is 424 g/mol. The van der Waals surface area contributed by atoms with E-state index in [9.17, 15) is 13.2 Å². The van der Waals surface area contributed by atoms with Crippen LogP contribution in [0.5, 0.6) is 23.0 Å². The first-order valence-electron chi connectivity index (χ1n) is 8.87. The number of hydrazine groups is 1. The minimum atomic E-state index is -4.02. The van der Waals surface area contributed by atoms with Crippen molar-refractivity contribution in [1.82, 2.24) is 10.3 Å². The van der Waals surface area contributed by atoms with Gasteiger partial charge in [0.1, 0.15) is 0 Å². The van der Waals surface area contributed by atoms with E-state index in [0.717, 1.165) is 0 Å². The first-order chi connectivity index (χ1) is 13.9. The number of benzene rings is 2. The van der Waals surface area contributed by atoms with Crippen molar-refractivity contribution >= 4 is 15.9 Å². The zero-order valence-electron chi connectivity index (χ0n) is 16.4. The average molecular weight is 424 g/mol. The Morgan fingerprint density at radius 2 is 1.52 bits per heavy atom. The molecule has 158 valence electrons. The number of nitrogens with one attached hydrogen (secondary N) is 2. The molecule has 2 N–H and O–H groups in total. The van der Waals surface area contributed by atoms with E-state index in [-0.39, 0.29) is 4.90 Å². The Bertz CT molecular complexity index is 932. The van der Waals surface area contributed by atoms with E-state index in [2.05, 4.69) is 5.43 Å². The van der Waals surface area contributed by atoms with Gasteiger partial charge in [0.2, 0.25) is 0 Å². The third kappa shape index (κ3) is 6.26. The van der Waals surface area contributed by atoms with Gasteiger partial charge < -0.3 is 18.9 Å². The highest BCUT2D eigenvalue weighted by atomic mass is 32.2. The highest BCUT2D eigenvalue weighted by Crippen LogP contribution is 2.30. The molecule has 0 radical (unpaired) electrons. The van der Waals surface area contributed by atoms with Crippen molar-refractivity contribution in [3.63, 3.8) is 0 Å². The first kappa shape index (κ1) is 22.3. The minimum absolute atomic E-state index is 0.0876. The molecule has 0 aromatic heterocycles. The maximum atomic E-state index is 12.5. The molecule has 0 spiro atoms. The van der Waals surface area contributed by atoms with Crippen LogP contribution in [-0.2, 0) is 14.8 Å². The number of amides is 1. The molecule has 0 atom stereocenters. The maximum Gasteiger partial charge on any atom is 0.272 e. The summed E-state index contributed by atoms with van der Waals surface area (Å²) in [4.78, 5) is 13.9. The SMILES string of the molecule is CCOc1ccc(S(=O)(=O)NNC(=O)COc2ccccc2OC)cc1OCC. The Hall–Kier alpha value is -2.98. The summed E-state index contributed by atoms with van der Waals surface area (Å²) in [6.07, 6.45) is 0. The quantitative estimate of drug-likeness (QED) is 0.530. The summed E-state index contributed by atoms with van der Waals surface area (Å²) in [6, 6.07) is 11.0. The van der Waals surface area contributed by atoms with Gasteiger partial charge in [-0.25, -0.2) is 8.42 Å². The number of para-hydroxylation sites is 2. The standard InChI is InChI=1S/C19H24N2O7S/c1-4-26-17-11-10-14(12-18(17)27-5-2)29(23,24)21-20-19(22)13-28-16-9-7-6-8-15(16)25-3/h6-12,21H,4-5,13H2,1-3H3,(H,20,22). The molecule has 2 aromatic rings. The molecule has 1 amide bonds. The van der Waals surface area contributed by atoms with Crippen molar-refractivity contribution in [3.05, 3.63) is 42.5 Å². The lowest BCUT2D eigenvalue weighted by Gasteiger charge is -2.14. The summed E-state index contributed by atoms with van der Waals surface area (Å²) in [5.74, 6) is 0.862. The number of sulfonamides is 1. The van der Waals surface area contributed by atoms with Gasteiger partial charge in [0.25, 0.3) is 15.9 Å². The number of ether oxygens (including phenoxy) is 4. The number of carbonyl (C=O) groups is 1. The third-order valence-electron chi connectivity index (χ3n) is 3.58. The predicted octanol–water partition coefficient (Wildman–Crippen LogP) is 1.88. The smallest absolute Gasteiger partial charge is 0.272 e. The van der Waals surface area contributed by atoms with Gasteiger partial charge in [-0.2, -0.15) is 0 Å². The molecule has 0 aliphatic heterocycles. The van der Waals surface area contributed by atoms with Crippen LogP contribution in [0.4, 0.5) is 0 Å². The average Bonchev–Trinajstić information content (AvgIpc) is 2.72. The molecule has 0 heterocycles. The van der Waals surface area contributed by atoms with Crippen LogP contribution in [0.25, 0.3) is 0 Å². The van der Waals surface area contributed by atoms with Gasteiger partial charge in [-0.3, -0.25) is 10.2 Å². The van der Waals surface area contributed by atoms with Crippen LogP contribution in [0.3, 0.4) is 0 Å². The van der Waals surface area contributed by atoms with Gasteiger partial charge in [0.15, 0.2) is 29.6 Å². The van der Waals surface area contributed by atoms with E-state index in [1.54, 1.807) is 31.2 Å². The third-order valence-corrected chi connectivity index (χ3v) is 4.82. The summed E-state index contributed by atoms with van der Waals surface area (Å²) in [7, 11) is -2.55. The lowest BCUT2D eigenvalue weighted by molar-refractivity contribution is -0.123. The first-order valence-corrected chi connectivity index (χ1v) is 10.4. The molecule has 0 aliphatic rings. The molecule has 10 heteroatoms. The van der Waals surface area contributed by atoms with Crippen LogP contribution in [-0.4, -0.2) is 41.3 Å². The van der Waals surface area contributed by atoms with E-state index in [1.807, 2.05) is 11.8 Å². The molecule has 0 saturated heterocycles. The van der Waals surface area contributed by atoms with Crippen molar-refractivity contribution in [2.45, 2.75) is 18.7 Å². The number of hydrogen-bond donors (Lipinski definition) is 2. The van der Waals surface area contributed by atoms with Gasteiger partial charge >= 0.3 is 0 Å². The normalized spacial score (nSPS) is 10.9. The van der Waals surface area contributed by atoms with E-state index in [0.29, 0.717) is 36.2 Å². The highest BCUT2D eigenvalue weighted by Gasteiger charge is 2.18. The number of carbonyl (C=O) groups excluding carboxylic acids is 1. The van der Waals surface area contributed by atoms with Gasteiger partial charge in [0.05, 0.1) is 25.2 Å². The van der Waals surface area contributed by atoms with Gasteiger partial charge in [-0.05, 0) is 38.1 Å². The van der Waals surface area contributed by atoms with Crippen LogP contribution in [0, 0.1) is 0 Å². The van der Waals surface area contributed by atoms with E-state index >= 15 is 0 Å². The van der Waals surface area contributed by atoms with Crippen molar-refractivity contribution in [1.29, 1.82) is 0 Å². The second-order valence-corrected chi connectivity index (χ2v) is 7.25. The topological polar surface area (TPSA) is 112 Å². The molecule has 2 aromatic carbocycles. The Balaban J connectivity index is 2.00. The Morgan fingerprint density at radius 3 is 2.17 bits per heavy atom. The van der Waals surface area contributed by atoms with Crippen LogP contribution in [0.1, 0.15) is 13.8 Å². The highest BCUT2D eigenvalue weighted by molar-refractivity contribution is 7.89. The van der Waals surface area contributed by atoms with Crippen LogP contribution in [0.15, 0.2) is 47.4 Å². The molecular formula is C19H24N2O7S. The second kappa shape index (κ2) is 10.5. The van der Waals surface area contributed by atoms with Crippen molar-refractivity contribution in [2.75, 3.05) is 26.9 Å². The van der Waals surface area contributed by atoms with E-state index in [1.165, 1.54) is 25.3 Å². The molecule has 0 aliphatic carbocycles. The van der Waals surface area contributed by atoms with Gasteiger partial charge in [0, 0.05) is 6.07 Å². The summed E-state index contributed by atoms with van der Waals surface area (Å²) in [5, 5.41) is 0. The molecule has 0 bridgehead atoms. The van der Waals surface area contributed by atoms with Crippen molar-refractivity contribution in [3.8, 4) is 23.0 Å². The lowest BCUT2D eigenvalue weighted by Crippen LogP contribution is -2.43. The number of rotatable bonds is 11. The van der Waals surface area contributed by atoms with E-state index < -0.39 is 22.5 Å². The van der Waals surface area contributed by atoms with E-state index in [4.69, 9.17) is 18.9 Å². The molecule has 9 nitrogen and oxygen atoms in total. The summed E-state index contributed by atoms with van der Waals surface area (Å²) in [5.41, 5.74) is 2.11. The maximum absolute atomic E-state index is 12.5. The molecule has 0 fully saturated rings. The molecular weight excluding hydrogens is 400 g/mol. The van der Waals surface area contributed by atoms with Crippen molar-refractivity contribution < 1.29 is 32.2 Å². The number of hydrogen-bond acceptors (Lipinski definition) is 7. The largest absolute Gasteiger partial charge is 0.493 e. The Kier molecular flexibility index (Phi) is 8.10. The number of methoxy groups -OCH3 is 1. The Morgan fingerprint density at radius 1 is 0.897 bits per heavy atom. The van der Waals surface area contributed by atoms with Gasteiger partial charge in [-0.15, -0.1) is 4.83 Å². The predicted molar refractivity (Wildman–Crippen MR) is 106 cm³/mol. The molecule has 29 heavy (non-hydrogen) atoms. The zero-order chi connectivity index (χ0) is 21.3. The Labute approximate surface area is 169 Å². The molecule has 0 saturated carbocycles. The van der Waals surface area contributed by atoms with Crippen LogP contribution < -0.4 is 29.2 Å². The summed E-state index contributed by atoms with van der Waals surface area (Å²) >= 11 is 0. The zero-order valence-corrected chi connectivity index (χ0v) is 17.2. The van der Waals surface area contributed by atoms with Crippen LogP contribution >= 0.6 is 0 Å². The minimum Gasteiger partial charge on any atom is -0.493 e.